The molecule has 8 heteroatoms. The Kier molecular flexibility index (Phi) is 4.81. The van der Waals surface area contributed by atoms with Crippen molar-refractivity contribution in [2.75, 3.05) is 13.2 Å². The summed E-state index contributed by atoms with van der Waals surface area (Å²) in [4.78, 5) is 11.9. The summed E-state index contributed by atoms with van der Waals surface area (Å²) in [6.07, 6.45) is -0.881. The van der Waals surface area contributed by atoms with Gasteiger partial charge in [-0.25, -0.2) is 4.79 Å². The van der Waals surface area contributed by atoms with Crippen LogP contribution in [0.25, 0.3) is 0 Å². The van der Waals surface area contributed by atoms with Crippen molar-refractivity contribution < 1.29 is 23.6 Å². The summed E-state index contributed by atoms with van der Waals surface area (Å²) in [6.45, 7) is 8.19. The first-order valence-corrected chi connectivity index (χ1v) is 8.77. The highest BCUT2D eigenvalue weighted by atomic mass is 79.9. The zero-order chi connectivity index (χ0) is 17.5. The standard InChI is InChI=1S/C16H21BBrNO5/c1-9-8-21-11-6-5-10(18)13-12(24-17(23-9)14(11)13)7-19-15(20)22-16(2,3)4/h5-6,9,12H,7-8H2,1-4H3,(H,19,20). The van der Waals surface area contributed by atoms with E-state index in [2.05, 4.69) is 21.2 Å². The van der Waals surface area contributed by atoms with E-state index >= 15 is 0 Å². The minimum Gasteiger partial charge on any atom is -0.491 e. The van der Waals surface area contributed by atoms with Gasteiger partial charge in [-0.05, 0) is 45.4 Å². The van der Waals surface area contributed by atoms with Crippen molar-refractivity contribution in [1.29, 1.82) is 0 Å². The Bertz CT molecular complexity index is 648. The highest BCUT2D eigenvalue weighted by Crippen LogP contribution is 2.35. The number of hydrogen-bond donors (Lipinski definition) is 1. The molecule has 1 aromatic rings. The number of nitrogens with one attached hydrogen (secondary N) is 1. The summed E-state index contributed by atoms with van der Waals surface area (Å²) in [5, 5.41) is 2.76. The number of alkyl carbamates (subject to hydrolysis) is 1. The predicted octanol–water partition coefficient (Wildman–Crippen LogP) is 2.54. The van der Waals surface area contributed by atoms with Gasteiger partial charge >= 0.3 is 13.2 Å². The SMILES string of the molecule is CC1COc2ccc(Br)c3c2B(O1)OC3CNC(=O)OC(C)(C)C. The van der Waals surface area contributed by atoms with Crippen LogP contribution in [-0.2, 0) is 14.0 Å². The minimum absolute atomic E-state index is 0.0772. The second kappa shape index (κ2) is 6.57. The molecule has 2 heterocycles. The molecule has 3 rings (SSSR count). The molecule has 1 amide bonds. The smallest absolute Gasteiger partial charge is 0.491 e. The van der Waals surface area contributed by atoms with Gasteiger partial charge in [-0.15, -0.1) is 0 Å². The van der Waals surface area contributed by atoms with Gasteiger partial charge in [0.15, 0.2) is 0 Å². The molecule has 2 unspecified atom stereocenters. The topological polar surface area (TPSA) is 66.0 Å². The molecule has 0 fully saturated rings. The minimum atomic E-state index is -0.540. The predicted molar refractivity (Wildman–Crippen MR) is 93.6 cm³/mol. The summed E-state index contributed by atoms with van der Waals surface area (Å²) in [6, 6.07) is 3.83. The second-order valence-corrected chi connectivity index (χ2v) is 7.82. The molecular formula is C16H21BBrNO5. The highest BCUT2D eigenvalue weighted by molar-refractivity contribution is 9.10. The molecule has 6 nitrogen and oxygen atoms in total. The zero-order valence-corrected chi connectivity index (χ0v) is 15.8. The molecule has 0 spiro atoms. The zero-order valence-electron chi connectivity index (χ0n) is 14.2. The number of carbonyl (C=O) groups excluding carboxylic acids is 1. The molecule has 0 saturated heterocycles. The lowest BCUT2D eigenvalue weighted by molar-refractivity contribution is 0.0485. The van der Waals surface area contributed by atoms with E-state index in [4.69, 9.17) is 18.8 Å². The van der Waals surface area contributed by atoms with E-state index in [0.29, 0.717) is 6.61 Å². The molecule has 0 aliphatic carbocycles. The third kappa shape index (κ3) is 3.71. The third-order valence-corrected chi connectivity index (χ3v) is 4.39. The Labute approximate surface area is 150 Å². The Morgan fingerprint density at radius 1 is 1.42 bits per heavy atom. The van der Waals surface area contributed by atoms with Gasteiger partial charge in [0.1, 0.15) is 18.0 Å². The fourth-order valence-corrected chi connectivity index (χ4v) is 3.37. The molecule has 2 aliphatic heterocycles. The first-order valence-electron chi connectivity index (χ1n) is 7.97. The average Bonchev–Trinajstić information content (AvgIpc) is 2.74. The van der Waals surface area contributed by atoms with Gasteiger partial charge in [-0.1, -0.05) is 15.9 Å². The van der Waals surface area contributed by atoms with Crippen LogP contribution < -0.4 is 15.5 Å². The van der Waals surface area contributed by atoms with Gasteiger partial charge in [0.25, 0.3) is 0 Å². The molecule has 1 aromatic carbocycles. The summed E-state index contributed by atoms with van der Waals surface area (Å²) in [5.74, 6) is 0.766. The van der Waals surface area contributed by atoms with Crippen molar-refractivity contribution in [3.8, 4) is 5.75 Å². The molecular weight excluding hydrogens is 377 g/mol. The van der Waals surface area contributed by atoms with E-state index in [1.807, 2.05) is 39.8 Å². The molecule has 0 aromatic heterocycles. The van der Waals surface area contributed by atoms with Crippen molar-refractivity contribution in [1.82, 2.24) is 5.32 Å². The van der Waals surface area contributed by atoms with Crippen LogP contribution in [0.4, 0.5) is 4.79 Å². The van der Waals surface area contributed by atoms with Crippen molar-refractivity contribution in [3.05, 3.63) is 22.2 Å². The molecule has 130 valence electrons. The number of amides is 1. The number of halogens is 1. The molecule has 2 atom stereocenters. The molecule has 0 bridgehead atoms. The summed E-state index contributed by atoms with van der Waals surface area (Å²) in [5.41, 5.74) is 1.30. The number of rotatable bonds is 2. The average molecular weight is 398 g/mol. The van der Waals surface area contributed by atoms with E-state index in [0.717, 1.165) is 21.2 Å². The fourth-order valence-electron chi connectivity index (χ4n) is 2.77. The van der Waals surface area contributed by atoms with Crippen molar-refractivity contribution in [2.45, 2.75) is 45.5 Å². The van der Waals surface area contributed by atoms with Crippen LogP contribution >= 0.6 is 15.9 Å². The first kappa shape index (κ1) is 17.6. The van der Waals surface area contributed by atoms with Crippen molar-refractivity contribution in [3.63, 3.8) is 0 Å². The molecule has 1 N–H and O–H groups in total. The van der Waals surface area contributed by atoms with Crippen LogP contribution in [0, 0.1) is 0 Å². The molecule has 24 heavy (non-hydrogen) atoms. The van der Waals surface area contributed by atoms with E-state index in [-0.39, 0.29) is 18.8 Å². The van der Waals surface area contributed by atoms with Gasteiger partial charge in [0.2, 0.25) is 0 Å². The first-order chi connectivity index (χ1) is 11.2. The van der Waals surface area contributed by atoms with Crippen LogP contribution in [-0.4, -0.2) is 38.1 Å². The van der Waals surface area contributed by atoms with E-state index in [9.17, 15) is 4.79 Å². The Morgan fingerprint density at radius 3 is 2.88 bits per heavy atom. The van der Waals surface area contributed by atoms with Gasteiger partial charge in [0, 0.05) is 16.5 Å². The van der Waals surface area contributed by atoms with Gasteiger partial charge < -0.3 is 24.1 Å². The monoisotopic (exact) mass is 397 g/mol. The summed E-state index contributed by atoms with van der Waals surface area (Å²) >= 11 is 3.56. The second-order valence-electron chi connectivity index (χ2n) is 6.97. The number of ether oxygens (including phenoxy) is 2. The van der Waals surface area contributed by atoms with Crippen LogP contribution in [0.5, 0.6) is 5.75 Å². The van der Waals surface area contributed by atoms with Crippen LogP contribution in [0.15, 0.2) is 16.6 Å². The number of hydrogen-bond acceptors (Lipinski definition) is 5. The lowest BCUT2D eigenvalue weighted by Gasteiger charge is -2.21. The number of carbonyl (C=O) groups is 1. The number of benzene rings is 1. The Balaban J connectivity index is 1.78. The quantitative estimate of drug-likeness (QED) is 0.776. The molecule has 0 saturated carbocycles. The van der Waals surface area contributed by atoms with Crippen LogP contribution in [0.2, 0.25) is 0 Å². The lowest BCUT2D eigenvalue weighted by Crippen LogP contribution is -2.36. The van der Waals surface area contributed by atoms with Crippen LogP contribution in [0.3, 0.4) is 0 Å². The van der Waals surface area contributed by atoms with Crippen molar-refractivity contribution in [2.24, 2.45) is 0 Å². The largest absolute Gasteiger partial charge is 0.498 e. The maximum Gasteiger partial charge on any atom is 0.498 e. The normalized spacial score (nSPS) is 22.5. The summed E-state index contributed by atoms with van der Waals surface area (Å²) in [7, 11) is -0.490. The summed E-state index contributed by atoms with van der Waals surface area (Å²) < 4.78 is 23.9. The van der Waals surface area contributed by atoms with E-state index in [1.165, 1.54) is 0 Å². The molecule has 0 radical (unpaired) electrons. The highest BCUT2D eigenvalue weighted by Gasteiger charge is 2.44. The van der Waals surface area contributed by atoms with Gasteiger partial charge in [-0.3, -0.25) is 0 Å². The fraction of sp³-hybridized carbons (Fsp3) is 0.562. The lowest BCUT2D eigenvalue weighted by atomic mass is 9.77. The van der Waals surface area contributed by atoms with Crippen LogP contribution in [0.1, 0.15) is 39.4 Å². The maximum atomic E-state index is 11.9. The Morgan fingerprint density at radius 2 is 2.17 bits per heavy atom. The third-order valence-electron chi connectivity index (χ3n) is 3.70. The van der Waals surface area contributed by atoms with Gasteiger partial charge in [0.05, 0.1) is 12.2 Å². The molecule has 2 aliphatic rings. The maximum absolute atomic E-state index is 11.9. The Hall–Kier alpha value is -1.25. The van der Waals surface area contributed by atoms with Crippen molar-refractivity contribution >= 4 is 34.6 Å². The van der Waals surface area contributed by atoms with Gasteiger partial charge in [-0.2, -0.15) is 0 Å². The van der Waals surface area contributed by atoms with E-state index in [1.54, 1.807) is 0 Å². The van der Waals surface area contributed by atoms with E-state index < -0.39 is 18.8 Å².